The number of benzene rings is 1. The van der Waals surface area contributed by atoms with Gasteiger partial charge in [-0.05, 0) is 24.3 Å². The molecule has 0 unspecified atom stereocenters. The van der Waals surface area contributed by atoms with Crippen LogP contribution in [0.1, 0.15) is 15.9 Å². The second-order valence-electron chi connectivity index (χ2n) is 3.55. The Morgan fingerprint density at radius 2 is 2.06 bits per heavy atom. The zero-order valence-corrected chi connectivity index (χ0v) is 9.42. The molecule has 18 heavy (non-hydrogen) atoms. The maximum atomic E-state index is 12.0. The van der Waals surface area contributed by atoms with Gasteiger partial charge in [0.2, 0.25) is 0 Å². The lowest BCUT2D eigenvalue weighted by Gasteiger charge is -2.07. The van der Waals surface area contributed by atoms with Gasteiger partial charge < -0.3 is 11.1 Å². The molecule has 3 N–H and O–H groups in total. The van der Waals surface area contributed by atoms with E-state index in [0.29, 0.717) is 11.3 Å². The fourth-order valence-electron chi connectivity index (χ4n) is 1.49. The Kier molecular flexibility index (Phi) is 3.21. The van der Waals surface area contributed by atoms with Gasteiger partial charge >= 0.3 is 0 Å². The third kappa shape index (κ3) is 2.28. The maximum Gasteiger partial charge on any atom is 0.259 e. The molecule has 1 heterocycles. The van der Waals surface area contributed by atoms with E-state index in [1.54, 1.807) is 36.4 Å². The first-order valence-electron chi connectivity index (χ1n) is 5.23. The van der Waals surface area contributed by atoms with Gasteiger partial charge in [0.25, 0.3) is 5.91 Å². The lowest BCUT2D eigenvalue weighted by Crippen LogP contribution is -2.15. The number of rotatable bonds is 2. The molecule has 0 aliphatic rings. The van der Waals surface area contributed by atoms with Crippen LogP contribution in [0.15, 0.2) is 42.6 Å². The van der Waals surface area contributed by atoms with Crippen molar-refractivity contribution in [2.24, 2.45) is 0 Å². The van der Waals surface area contributed by atoms with Crippen LogP contribution in [0.5, 0.6) is 0 Å². The van der Waals surface area contributed by atoms with Gasteiger partial charge in [-0.2, -0.15) is 5.26 Å². The number of nitrogens with one attached hydrogen (secondary N) is 1. The van der Waals surface area contributed by atoms with Crippen molar-refractivity contribution in [3.8, 4) is 6.07 Å². The summed E-state index contributed by atoms with van der Waals surface area (Å²) in [6.45, 7) is 0. The third-order valence-electron chi connectivity index (χ3n) is 2.38. The number of carbonyl (C=O) groups excluding carboxylic acids is 1. The van der Waals surface area contributed by atoms with Crippen LogP contribution in [0, 0.1) is 11.3 Å². The van der Waals surface area contributed by atoms with Crippen LogP contribution in [0.25, 0.3) is 0 Å². The van der Waals surface area contributed by atoms with E-state index < -0.39 is 0 Å². The summed E-state index contributed by atoms with van der Waals surface area (Å²) in [7, 11) is 0. The van der Waals surface area contributed by atoms with Crippen LogP contribution < -0.4 is 11.1 Å². The number of aromatic nitrogens is 1. The summed E-state index contributed by atoms with van der Waals surface area (Å²) < 4.78 is 0. The molecule has 0 fully saturated rings. The highest BCUT2D eigenvalue weighted by Crippen LogP contribution is 2.16. The van der Waals surface area contributed by atoms with E-state index in [4.69, 9.17) is 11.0 Å². The Hall–Kier alpha value is -2.87. The number of nitrogens with two attached hydrogens (primary N) is 1. The summed E-state index contributed by atoms with van der Waals surface area (Å²) in [6, 6.07) is 12.0. The number of carbonyl (C=O) groups is 1. The van der Waals surface area contributed by atoms with Crippen LogP contribution in [0.3, 0.4) is 0 Å². The first kappa shape index (κ1) is 11.6. The summed E-state index contributed by atoms with van der Waals surface area (Å²) >= 11 is 0. The van der Waals surface area contributed by atoms with E-state index in [1.165, 1.54) is 6.20 Å². The average Bonchev–Trinajstić information content (AvgIpc) is 2.39. The molecule has 1 aromatic carbocycles. The summed E-state index contributed by atoms with van der Waals surface area (Å²) in [4.78, 5) is 15.8. The van der Waals surface area contributed by atoms with E-state index in [1.807, 2.05) is 6.07 Å². The van der Waals surface area contributed by atoms with Crippen molar-refractivity contribution in [1.82, 2.24) is 4.98 Å². The number of hydrogen-bond acceptors (Lipinski definition) is 4. The highest BCUT2D eigenvalue weighted by Gasteiger charge is 2.11. The van der Waals surface area contributed by atoms with Crippen molar-refractivity contribution in [2.75, 3.05) is 11.1 Å². The molecule has 0 aliphatic carbocycles. The van der Waals surface area contributed by atoms with Gasteiger partial charge in [-0.3, -0.25) is 4.79 Å². The lowest BCUT2D eigenvalue weighted by molar-refractivity contribution is 0.102. The van der Waals surface area contributed by atoms with Crippen LogP contribution in [0.4, 0.5) is 11.5 Å². The van der Waals surface area contributed by atoms with Crippen LogP contribution in [0.2, 0.25) is 0 Å². The lowest BCUT2D eigenvalue weighted by atomic mass is 10.2. The number of nitrogen functional groups attached to an aromatic ring is 1. The highest BCUT2D eigenvalue weighted by atomic mass is 16.1. The van der Waals surface area contributed by atoms with Gasteiger partial charge in [0, 0.05) is 6.20 Å². The Bertz CT molecular complexity index is 631. The number of amides is 1. The second-order valence-corrected chi connectivity index (χ2v) is 3.55. The number of nitrogens with zero attached hydrogens (tertiary/aromatic N) is 2. The van der Waals surface area contributed by atoms with Crippen molar-refractivity contribution in [3.05, 3.63) is 53.7 Å². The van der Waals surface area contributed by atoms with Crippen molar-refractivity contribution in [2.45, 2.75) is 0 Å². The molecule has 0 saturated carbocycles. The fraction of sp³-hybridized carbons (Fsp3) is 0. The fourth-order valence-corrected chi connectivity index (χ4v) is 1.49. The van der Waals surface area contributed by atoms with Gasteiger partial charge in [-0.15, -0.1) is 0 Å². The molecular formula is C13H10N4O. The predicted molar refractivity (Wildman–Crippen MR) is 67.8 cm³/mol. The SMILES string of the molecule is N#Cc1ccccc1NC(=O)c1cccnc1N. The van der Waals surface area contributed by atoms with Crippen LogP contribution in [-0.2, 0) is 0 Å². The first-order chi connectivity index (χ1) is 8.72. The summed E-state index contributed by atoms with van der Waals surface area (Å²) in [5.41, 5.74) is 6.74. The molecule has 2 aromatic rings. The average molecular weight is 238 g/mol. The molecule has 0 saturated heterocycles. The van der Waals surface area contributed by atoms with Gasteiger partial charge in [-0.25, -0.2) is 4.98 Å². The topological polar surface area (TPSA) is 91.8 Å². The van der Waals surface area contributed by atoms with Gasteiger partial charge in [-0.1, -0.05) is 12.1 Å². The molecule has 1 amide bonds. The standard InChI is InChI=1S/C13H10N4O/c14-8-9-4-1-2-6-11(9)17-13(18)10-5-3-7-16-12(10)15/h1-7H,(H2,15,16)(H,17,18). The molecule has 0 aliphatic heterocycles. The third-order valence-corrected chi connectivity index (χ3v) is 2.38. The smallest absolute Gasteiger partial charge is 0.259 e. The number of nitriles is 1. The Balaban J connectivity index is 2.28. The summed E-state index contributed by atoms with van der Waals surface area (Å²) in [6.07, 6.45) is 1.51. The molecule has 5 heteroatoms. The first-order valence-corrected chi connectivity index (χ1v) is 5.23. The monoisotopic (exact) mass is 238 g/mol. The minimum atomic E-state index is -0.386. The van der Waals surface area contributed by atoms with Crippen LogP contribution >= 0.6 is 0 Å². The Morgan fingerprint density at radius 3 is 2.78 bits per heavy atom. The summed E-state index contributed by atoms with van der Waals surface area (Å²) in [5.74, 6) is -0.229. The van der Waals surface area contributed by atoms with Crippen molar-refractivity contribution in [1.29, 1.82) is 5.26 Å². The molecule has 1 aromatic heterocycles. The van der Waals surface area contributed by atoms with Crippen LogP contribution in [-0.4, -0.2) is 10.9 Å². The van der Waals surface area contributed by atoms with E-state index in [9.17, 15) is 4.79 Å². The molecule has 0 bridgehead atoms. The number of pyridine rings is 1. The molecule has 0 radical (unpaired) electrons. The minimum absolute atomic E-state index is 0.157. The molecule has 0 spiro atoms. The normalized spacial score (nSPS) is 9.50. The number of hydrogen-bond donors (Lipinski definition) is 2. The molecule has 5 nitrogen and oxygen atoms in total. The number of anilines is 2. The second kappa shape index (κ2) is 4.97. The minimum Gasteiger partial charge on any atom is -0.383 e. The Labute approximate surface area is 104 Å². The van der Waals surface area contributed by atoms with Gasteiger partial charge in [0.1, 0.15) is 11.9 Å². The van der Waals surface area contributed by atoms with E-state index >= 15 is 0 Å². The molecule has 2 rings (SSSR count). The van der Waals surface area contributed by atoms with Gasteiger partial charge in [0.15, 0.2) is 0 Å². The quantitative estimate of drug-likeness (QED) is 0.834. The maximum absolute atomic E-state index is 12.0. The zero-order valence-electron chi connectivity index (χ0n) is 9.42. The molecular weight excluding hydrogens is 228 g/mol. The van der Waals surface area contributed by atoms with Crippen molar-refractivity contribution in [3.63, 3.8) is 0 Å². The largest absolute Gasteiger partial charge is 0.383 e. The summed E-state index contributed by atoms with van der Waals surface area (Å²) in [5, 5.41) is 11.6. The van der Waals surface area contributed by atoms with E-state index in [-0.39, 0.29) is 17.3 Å². The van der Waals surface area contributed by atoms with Crippen molar-refractivity contribution < 1.29 is 4.79 Å². The van der Waals surface area contributed by atoms with E-state index in [0.717, 1.165) is 0 Å². The number of para-hydroxylation sites is 1. The van der Waals surface area contributed by atoms with Crippen molar-refractivity contribution >= 4 is 17.4 Å². The highest BCUT2D eigenvalue weighted by molar-refractivity contribution is 6.07. The molecule has 0 atom stereocenters. The Morgan fingerprint density at radius 1 is 1.28 bits per heavy atom. The molecule has 88 valence electrons. The van der Waals surface area contributed by atoms with Gasteiger partial charge in [0.05, 0.1) is 16.8 Å². The zero-order chi connectivity index (χ0) is 13.0. The van der Waals surface area contributed by atoms with E-state index in [2.05, 4.69) is 10.3 Å². The predicted octanol–water partition coefficient (Wildman–Crippen LogP) is 1.79.